The molecule has 0 saturated carbocycles. The molecule has 0 aliphatic rings. The Balaban J connectivity index is 2.63. The normalized spacial score (nSPS) is 10.4. The van der Waals surface area contributed by atoms with E-state index >= 15 is 0 Å². The van der Waals surface area contributed by atoms with E-state index in [0.717, 1.165) is 0 Å². The fraction of sp³-hybridized carbons (Fsp3) is 0.182. The molecule has 3 nitrogen and oxygen atoms in total. The van der Waals surface area contributed by atoms with E-state index in [1.165, 1.54) is 19.4 Å². The van der Waals surface area contributed by atoms with Gasteiger partial charge in [0, 0.05) is 5.56 Å². The molecule has 84 valence electrons. The van der Waals surface area contributed by atoms with E-state index in [0.29, 0.717) is 17.1 Å². The standard InChI is InChI=1S/C11H9ClFNO2/c1-15-9-4-2-3-8(13)10(9)11-7(5-12)6-14-16-11/h2-4,6H,5H2,1H3. The van der Waals surface area contributed by atoms with Crippen LogP contribution in [0.1, 0.15) is 5.56 Å². The number of methoxy groups -OCH3 is 1. The summed E-state index contributed by atoms with van der Waals surface area (Å²) >= 11 is 5.71. The average Bonchev–Trinajstić information content (AvgIpc) is 2.76. The van der Waals surface area contributed by atoms with E-state index in [-0.39, 0.29) is 11.4 Å². The third-order valence-corrected chi connectivity index (χ3v) is 2.50. The van der Waals surface area contributed by atoms with Crippen LogP contribution in [0.25, 0.3) is 11.3 Å². The minimum absolute atomic E-state index is 0.205. The number of aromatic nitrogens is 1. The highest BCUT2D eigenvalue weighted by atomic mass is 35.5. The Morgan fingerprint density at radius 2 is 2.31 bits per heavy atom. The summed E-state index contributed by atoms with van der Waals surface area (Å²) in [5.74, 6) is 0.478. The van der Waals surface area contributed by atoms with Crippen LogP contribution in [0.5, 0.6) is 5.75 Å². The van der Waals surface area contributed by atoms with Crippen molar-refractivity contribution in [1.82, 2.24) is 5.16 Å². The van der Waals surface area contributed by atoms with Crippen molar-refractivity contribution in [3.8, 4) is 17.1 Å². The number of ether oxygens (including phenoxy) is 1. The van der Waals surface area contributed by atoms with Gasteiger partial charge in [0.2, 0.25) is 0 Å². The molecule has 16 heavy (non-hydrogen) atoms. The average molecular weight is 242 g/mol. The second-order valence-corrected chi connectivity index (χ2v) is 3.40. The predicted molar refractivity (Wildman–Crippen MR) is 58.0 cm³/mol. The van der Waals surface area contributed by atoms with Crippen LogP contribution in [-0.4, -0.2) is 12.3 Å². The van der Waals surface area contributed by atoms with E-state index in [1.54, 1.807) is 12.1 Å². The molecule has 0 fully saturated rings. The van der Waals surface area contributed by atoms with Crippen molar-refractivity contribution in [3.05, 3.63) is 35.8 Å². The third kappa shape index (κ3) is 1.76. The molecule has 0 N–H and O–H groups in total. The molecule has 0 atom stereocenters. The molecule has 0 amide bonds. The number of hydrogen-bond acceptors (Lipinski definition) is 3. The van der Waals surface area contributed by atoms with Crippen molar-refractivity contribution >= 4 is 11.6 Å². The SMILES string of the molecule is COc1cccc(F)c1-c1oncc1CCl. The molecule has 0 saturated heterocycles. The second-order valence-electron chi connectivity index (χ2n) is 3.13. The first-order chi connectivity index (χ1) is 7.77. The lowest BCUT2D eigenvalue weighted by molar-refractivity contribution is 0.401. The number of benzene rings is 1. The zero-order valence-corrected chi connectivity index (χ0v) is 9.29. The van der Waals surface area contributed by atoms with Crippen molar-refractivity contribution in [3.63, 3.8) is 0 Å². The highest BCUT2D eigenvalue weighted by molar-refractivity contribution is 6.17. The maximum absolute atomic E-state index is 13.7. The molecule has 1 heterocycles. The number of halogens is 2. The molecule has 1 aromatic heterocycles. The highest BCUT2D eigenvalue weighted by Gasteiger charge is 2.18. The first-order valence-corrected chi connectivity index (χ1v) is 5.13. The summed E-state index contributed by atoms with van der Waals surface area (Å²) in [4.78, 5) is 0. The van der Waals surface area contributed by atoms with Gasteiger partial charge in [-0.1, -0.05) is 11.2 Å². The first-order valence-electron chi connectivity index (χ1n) is 4.60. The third-order valence-electron chi connectivity index (χ3n) is 2.21. The summed E-state index contributed by atoms with van der Waals surface area (Å²) in [5, 5.41) is 3.60. The molecular formula is C11H9ClFNO2. The lowest BCUT2D eigenvalue weighted by Gasteiger charge is -2.07. The van der Waals surface area contributed by atoms with Crippen LogP contribution in [0.4, 0.5) is 4.39 Å². The summed E-state index contributed by atoms with van der Waals surface area (Å²) in [6.07, 6.45) is 1.47. The van der Waals surface area contributed by atoms with Gasteiger partial charge >= 0.3 is 0 Å². The van der Waals surface area contributed by atoms with Crippen LogP contribution in [0.3, 0.4) is 0 Å². The topological polar surface area (TPSA) is 35.3 Å². The summed E-state index contributed by atoms with van der Waals surface area (Å²) in [6.45, 7) is 0. The van der Waals surface area contributed by atoms with Gasteiger partial charge in [0.25, 0.3) is 0 Å². The van der Waals surface area contributed by atoms with Crippen molar-refractivity contribution in [2.45, 2.75) is 5.88 Å². The fourth-order valence-electron chi connectivity index (χ4n) is 1.46. The molecule has 5 heteroatoms. The fourth-order valence-corrected chi connectivity index (χ4v) is 1.65. The zero-order valence-electron chi connectivity index (χ0n) is 8.54. The van der Waals surface area contributed by atoms with Crippen molar-refractivity contribution in [2.75, 3.05) is 7.11 Å². The van der Waals surface area contributed by atoms with E-state index in [9.17, 15) is 4.39 Å². The van der Waals surface area contributed by atoms with Gasteiger partial charge in [0.1, 0.15) is 11.6 Å². The van der Waals surface area contributed by atoms with Gasteiger partial charge in [0.15, 0.2) is 5.76 Å². The van der Waals surface area contributed by atoms with Crippen molar-refractivity contribution in [2.24, 2.45) is 0 Å². The van der Waals surface area contributed by atoms with Crippen LogP contribution >= 0.6 is 11.6 Å². The zero-order chi connectivity index (χ0) is 11.5. The quantitative estimate of drug-likeness (QED) is 0.774. The number of alkyl halides is 1. The van der Waals surface area contributed by atoms with Gasteiger partial charge in [-0.3, -0.25) is 0 Å². The van der Waals surface area contributed by atoms with Crippen LogP contribution in [-0.2, 0) is 5.88 Å². The Kier molecular flexibility index (Phi) is 3.10. The summed E-state index contributed by atoms with van der Waals surface area (Å²) in [6, 6.07) is 4.55. The van der Waals surface area contributed by atoms with Gasteiger partial charge in [-0.2, -0.15) is 0 Å². The Hall–Kier alpha value is -1.55. The smallest absolute Gasteiger partial charge is 0.177 e. The monoisotopic (exact) mass is 241 g/mol. The maximum Gasteiger partial charge on any atom is 0.177 e. The Morgan fingerprint density at radius 1 is 1.50 bits per heavy atom. The van der Waals surface area contributed by atoms with Gasteiger partial charge in [-0.25, -0.2) is 4.39 Å². The van der Waals surface area contributed by atoms with Gasteiger partial charge in [-0.05, 0) is 12.1 Å². The molecule has 0 bridgehead atoms. The summed E-state index contributed by atoms with van der Waals surface area (Å²) in [5.41, 5.74) is 0.878. The van der Waals surface area contributed by atoms with E-state index in [4.69, 9.17) is 20.9 Å². The highest BCUT2D eigenvalue weighted by Crippen LogP contribution is 2.34. The molecule has 2 rings (SSSR count). The Labute approximate surface area is 96.8 Å². The Morgan fingerprint density at radius 3 is 3.00 bits per heavy atom. The summed E-state index contributed by atoms with van der Waals surface area (Å²) in [7, 11) is 1.47. The first kappa shape index (κ1) is 11.0. The molecule has 0 unspecified atom stereocenters. The molecule has 0 radical (unpaired) electrons. The maximum atomic E-state index is 13.7. The molecule has 0 spiro atoms. The second kappa shape index (κ2) is 4.53. The Bertz CT molecular complexity index is 498. The molecule has 2 aromatic rings. The number of hydrogen-bond donors (Lipinski definition) is 0. The molecule has 0 aliphatic carbocycles. The lowest BCUT2D eigenvalue weighted by atomic mass is 10.1. The number of nitrogens with zero attached hydrogens (tertiary/aromatic N) is 1. The van der Waals surface area contributed by atoms with Gasteiger partial charge in [0.05, 0.1) is 24.8 Å². The van der Waals surface area contributed by atoms with E-state index in [1.807, 2.05) is 0 Å². The minimum Gasteiger partial charge on any atom is -0.496 e. The molecule has 1 aromatic carbocycles. The molecule has 0 aliphatic heterocycles. The minimum atomic E-state index is -0.428. The largest absolute Gasteiger partial charge is 0.496 e. The predicted octanol–water partition coefficient (Wildman–Crippen LogP) is 3.23. The van der Waals surface area contributed by atoms with Crippen LogP contribution in [0, 0.1) is 5.82 Å². The van der Waals surface area contributed by atoms with E-state index < -0.39 is 5.82 Å². The summed E-state index contributed by atoms with van der Waals surface area (Å²) < 4.78 is 23.8. The lowest BCUT2D eigenvalue weighted by Crippen LogP contribution is -1.92. The van der Waals surface area contributed by atoms with Crippen LogP contribution < -0.4 is 4.74 Å². The van der Waals surface area contributed by atoms with Crippen molar-refractivity contribution in [1.29, 1.82) is 0 Å². The number of rotatable bonds is 3. The molecular weight excluding hydrogens is 233 g/mol. The van der Waals surface area contributed by atoms with E-state index in [2.05, 4.69) is 5.16 Å². The van der Waals surface area contributed by atoms with Gasteiger partial charge < -0.3 is 9.26 Å². The van der Waals surface area contributed by atoms with Gasteiger partial charge in [-0.15, -0.1) is 11.6 Å². The van der Waals surface area contributed by atoms with Crippen LogP contribution in [0.2, 0.25) is 0 Å². The van der Waals surface area contributed by atoms with Crippen LogP contribution in [0.15, 0.2) is 28.9 Å². The van der Waals surface area contributed by atoms with Crippen molar-refractivity contribution < 1.29 is 13.7 Å².